The van der Waals surface area contributed by atoms with Crippen molar-refractivity contribution in [2.45, 2.75) is 0 Å². The summed E-state index contributed by atoms with van der Waals surface area (Å²) in [7, 11) is 0. The van der Waals surface area contributed by atoms with Crippen molar-refractivity contribution in [3.05, 3.63) is 106 Å². The summed E-state index contributed by atoms with van der Waals surface area (Å²) in [6, 6.07) is 21.7. The second kappa shape index (κ2) is 9.82. The van der Waals surface area contributed by atoms with Gasteiger partial charge in [0.05, 0.1) is 5.69 Å². The Morgan fingerprint density at radius 2 is 1.68 bits per heavy atom. The largest absolute Gasteiger partial charge is 0.290 e. The molecule has 0 atom stereocenters. The summed E-state index contributed by atoms with van der Waals surface area (Å²) in [6.07, 6.45) is 5.35. The molecule has 2 N–H and O–H groups in total. The third-order valence-electron chi connectivity index (χ3n) is 4.64. The summed E-state index contributed by atoms with van der Waals surface area (Å²) in [5.74, 6) is 1.64. The minimum Gasteiger partial charge on any atom is -0.290 e. The number of rotatable bonds is 6. The van der Waals surface area contributed by atoms with Crippen LogP contribution in [0.2, 0.25) is 0 Å². The van der Waals surface area contributed by atoms with Gasteiger partial charge in [-0.1, -0.05) is 41.4 Å². The molecule has 2 amide bonds. The molecule has 0 aliphatic heterocycles. The van der Waals surface area contributed by atoms with Crippen LogP contribution in [-0.2, 0) is 0 Å². The van der Waals surface area contributed by atoms with Crippen molar-refractivity contribution in [3.63, 3.8) is 0 Å². The fourth-order valence-corrected chi connectivity index (χ4v) is 3.02. The van der Waals surface area contributed by atoms with Crippen molar-refractivity contribution in [1.29, 1.82) is 0 Å². The van der Waals surface area contributed by atoms with Gasteiger partial charge < -0.3 is 0 Å². The Morgan fingerprint density at radius 3 is 2.38 bits per heavy atom. The van der Waals surface area contributed by atoms with Crippen LogP contribution in [-0.4, -0.2) is 26.6 Å². The van der Waals surface area contributed by atoms with E-state index in [1.54, 1.807) is 66.7 Å². The Kier molecular flexibility index (Phi) is 6.31. The number of nitrogens with one attached hydrogen (secondary N) is 2. The maximum atomic E-state index is 12.8. The van der Waals surface area contributed by atoms with Crippen LogP contribution in [0.5, 0.6) is 0 Å². The fourth-order valence-electron chi connectivity index (χ4n) is 3.02. The molecule has 10 heteroatoms. The van der Waals surface area contributed by atoms with E-state index in [2.05, 4.69) is 36.7 Å². The van der Waals surface area contributed by atoms with Gasteiger partial charge in [0.15, 0.2) is 0 Å². The zero-order valence-corrected chi connectivity index (χ0v) is 17.6. The van der Waals surface area contributed by atoms with Crippen molar-refractivity contribution < 1.29 is 9.59 Å². The van der Waals surface area contributed by atoms with Gasteiger partial charge in [-0.25, -0.2) is 0 Å². The second-order valence-electron chi connectivity index (χ2n) is 6.88. The molecule has 3 aromatic carbocycles. The molecule has 0 aliphatic carbocycles. The molecule has 1 aromatic heterocycles. The molecule has 0 radical (unpaired) electrons. The highest BCUT2D eigenvalue weighted by atomic mass is 16.2. The number of benzene rings is 3. The van der Waals surface area contributed by atoms with Gasteiger partial charge in [0, 0.05) is 27.3 Å². The smallest absolute Gasteiger partial charge is 0.258 e. The fraction of sp³-hybridized carbons (Fsp3) is 0. The van der Waals surface area contributed by atoms with E-state index in [1.165, 1.54) is 10.7 Å². The maximum Gasteiger partial charge on any atom is 0.258 e. The van der Waals surface area contributed by atoms with Gasteiger partial charge in [0.25, 0.3) is 17.8 Å². The minimum absolute atomic E-state index is 0.00647. The summed E-state index contributed by atoms with van der Waals surface area (Å²) < 4.78 is 1.40. The van der Waals surface area contributed by atoms with Gasteiger partial charge in [-0.05, 0) is 54.1 Å². The molecule has 1 heterocycles. The van der Waals surface area contributed by atoms with Crippen LogP contribution in [0.3, 0.4) is 0 Å². The first-order valence-electron chi connectivity index (χ1n) is 9.94. The Bertz CT molecular complexity index is 1450. The molecule has 10 nitrogen and oxygen atoms in total. The van der Waals surface area contributed by atoms with Crippen LogP contribution < -0.4 is 10.6 Å². The van der Waals surface area contributed by atoms with Crippen molar-refractivity contribution in [2.75, 3.05) is 10.6 Å². The number of anilines is 2. The number of amides is 2. The van der Waals surface area contributed by atoms with Gasteiger partial charge in [-0.15, -0.1) is 11.5 Å². The first kappa shape index (κ1) is 21.8. The molecule has 0 saturated heterocycles. The lowest BCUT2D eigenvalue weighted by Gasteiger charge is -2.07. The number of aromatic nitrogens is 3. The van der Waals surface area contributed by atoms with Crippen LogP contribution in [0.1, 0.15) is 26.3 Å². The Morgan fingerprint density at radius 1 is 0.941 bits per heavy atom. The van der Waals surface area contributed by atoms with E-state index in [-0.39, 0.29) is 17.5 Å². The van der Waals surface area contributed by atoms with Crippen LogP contribution in [0.15, 0.2) is 84.0 Å². The molecular weight excluding hydrogens is 432 g/mol. The second-order valence-corrected chi connectivity index (χ2v) is 6.88. The zero-order chi connectivity index (χ0) is 23.9. The van der Waals surface area contributed by atoms with Gasteiger partial charge in [0.1, 0.15) is 0 Å². The molecule has 0 aliphatic rings. The molecule has 34 heavy (non-hydrogen) atoms. The highest BCUT2D eigenvalue weighted by molar-refractivity contribution is 6.05. The molecule has 0 saturated carbocycles. The third kappa shape index (κ3) is 4.91. The predicted octanol–water partition coefficient (Wildman–Crippen LogP) is 4.70. The lowest BCUT2D eigenvalue weighted by molar-refractivity contribution is 0.101. The molecule has 4 aromatic rings. The van der Waals surface area contributed by atoms with Gasteiger partial charge in [0.2, 0.25) is 5.95 Å². The van der Waals surface area contributed by atoms with Gasteiger partial charge >= 0.3 is 0 Å². The quantitative estimate of drug-likeness (QED) is 0.191. The third-order valence-corrected chi connectivity index (χ3v) is 4.64. The van der Waals surface area contributed by atoms with Gasteiger partial charge in [-0.3, -0.25) is 20.2 Å². The molecule has 0 bridgehead atoms. The number of carbonyl (C=O) groups excluding carboxylic acids is 2. The van der Waals surface area contributed by atoms with E-state index >= 15 is 0 Å². The number of nitrogens with zero attached hydrogens (tertiary/aromatic N) is 6. The minimum atomic E-state index is -0.498. The number of azide groups is 1. The van der Waals surface area contributed by atoms with E-state index in [0.29, 0.717) is 22.5 Å². The lowest BCUT2D eigenvalue weighted by atomic mass is 10.1. The molecule has 0 spiro atoms. The van der Waals surface area contributed by atoms with Crippen molar-refractivity contribution >= 4 is 29.4 Å². The monoisotopic (exact) mass is 448 g/mol. The summed E-state index contributed by atoms with van der Waals surface area (Å²) in [5.41, 5.74) is 10.8. The van der Waals surface area contributed by atoms with E-state index in [4.69, 9.17) is 12.0 Å². The average Bonchev–Trinajstić information content (AvgIpc) is 3.26. The molecule has 0 fully saturated rings. The van der Waals surface area contributed by atoms with Crippen LogP contribution in [0.4, 0.5) is 17.6 Å². The van der Waals surface area contributed by atoms with Crippen molar-refractivity contribution in [2.24, 2.45) is 5.11 Å². The average molecular weight is 448 g/mol. The van der Waals surface area contributed by atoms with Gasteiger partial charge in [-0.2, -0.15) is 9.67 Å². The normalized spacial score (nSPS) is 9.97. The molecule has 164 valence electrons. The summed E-state index contributed by atoms with van der Waals surface area (Å²) in [5, 5.41) is 13.2. The van der Waals surface area contributed by atoms with E-state index < -0.39 is 11.8 Å². The first-order valence-corrected chi connectivity index (χ1v) is 9.94. The van der Waals surface area contributed by atoms with Crippen molar-refractivity contribution in [1.82, 2.24) is 14.8 Å². The maximum absolute atomic E-state index is 12.8. The predicted molar refractivity (Wildman–Crippen MR) is 127 cm³/mol. The number of para-hydroxylation sites is 1. The van der Waals surface area contributed by atoms with E-state index in [1.807, 2.05) is 6.07 Å². The van der Waals surface area contributed by atoms with Crippen LogP contribution in [0.25, 0.3) is 16.1 Å². The number of carbonyl (C=O) groups is 2. The van der Waals surface area contributed by atoms with Crippen LogP contribution >= 0.6 is 0 Å². The van der Waals surface area contributed by atoms with Crippen LogP contribution in [0, 0.1) is 12.3 Å². The topological polar surface area (TPSA) is 138 Å². The number of hydrogen-bond acceptors (Lipinski definition) is 5. The lowest BCUT2D eigenvalue weighted by Crippen LogP contribution is -2.15. The zero-order valence-electron chi connectivity index (χ0n) is 17.6. The molecular formula is C24H16N8O2. The first-order chi connectivity index (χ1) is 16.6. The molecule has 4 rings (SSSR count). The van der Waals surface area contributed by atoms with Crippen molar-refractivity contribution in [3.8, 4) is 18.0 Å². The highest BCUT2D eigenvalue weighted by Crippen LogP contribution is 2.19. The van der Waals surface area contributed by atoms with E-state index in [9.17, 15) is 9.59 Å². The Hall–Kier alpha value is -5.39. The summed E-state index contributed by atoms with van der Waals surface area (Å²) in [4.78, 5) is 32.5. The Balaban J connectivity index is 1.63. The van der Waals surface area contributed by atoms with E-state index in [0.717, 1.165) is 0 Å². The summed E-state index contributed by atoms with van der Waals surface area (Å²) in [6.45, 7) is 0. The summed E-state index contributed by atoms with van der Waals surface area (Å²) >= 11 is 0. The Labute approximate surface area is 193 Å². The standard InChI is InChI=1S/C24H16N8O2/c1-2-16-11-13-17(14-12-16)21(33)26-23-28-24(32(30-23)20-9-4-3-5-10-20)27-22(34)18-7-6-8-19(15-18)29-31-25/h1,3-15H,(H2,26,27,28,30,33,34). The SMILES string of the molecule is C#Cc1ccc(C(=O)Nc2nc(NC(=O)c3cccc(N=[N+]=[N-])c3)n(-c3ccccc3)n2)cc1. The number of terminal acetylenes is 1. The molecule has 0 unspecified atom stereocenters. The number of hydrogen-bond donors (Lipinski definition) is 2. The highest BCUT2D eigenvalue weighted by Gasteiger charge is 2.17.